The molecule has 22 heavy (non-hydrogen) atoms. The summed E-state index contributed by atoms with van der Waals surface area (Å²) in [6, 6.07) is 8.82. The number of benzene rings is 1. The molecule has 7 heteroatoms. The molecule has 1 aromatic heterocycles. The Bertz CT molecular complexity index is 741. The van der Waals surface area contributed by atoms with E-state index in [4.69, 9.17) is 16.3 Å². The molecular formula is C15H18ClNO3S2. The van der Waals surface area contributed by atoms with E-state index in [1.807, 2.05) is 26.0 Å². The molecule has 2 rings (SSSR count). The van der Waals surface area contributed by atoms with E-state index >= 15 is 0 Å². The van der Waals surface area contributed by atoms with Gasteiger partial charge in [-0.2, -0.15) is 0 Å². The fourth-order valence-corrected chi connectivity index (χ4v) is 4.29. The molecule has 1 heterocycles. The van der Waals surface area contributed by atoms with Gasteiger partial charge >= 0.3 is 0 Å². The van der Waals surface area contributed by atoms with Crippen LogP contribution in [-0.2, 0) is 16.4 Å². The summed E-state index contributed by atoms with van der Waals surface area (Å²) in [4.78, 5) is 1.05. The van der Waals surface area contributed by atoms with Gasteiger partial charge in [-0.25, -0.2) is 13.1 Å². The van der Waals surface area contributed by atoms with Crippen LogP contribution in [0.4, 0.5) is 0 Å². The summed E-state index contributed by atoms with van der Waals surface area (Å²) in [6.45, 7) is 4.35. The Morgan fingerprint density at radius 3 is 2.68 bits per heavy atom. The van der Waals surface area contributed by atoms with Gasteiger partial charge in [0, 0.05) is 16.4 Å². The van der Waals surface area contributed by atoms with Gasteiger partial charge in [-0.1, -0.05) is 18.5 Å². The Morgan fingerprint density at radius 1 is 1.27 bits per heavy atom. The summed E-state index contributed by atoms with van der Waals surface area (Å²) >= 11 is 7.23. The van der Waals surface area contributed by atoms with E-state index < -0.39 is 10.0 Å². The lowest BCUT2D eigenvalue weighted by molar-refractivity contribution is 0.322. The number of halogens is 1. The van der Waals surface area contributed by atoms with Crippen LogP contribution in [0, 0.1) is 6.92 Å². The maximum absolute atomic E-state index is 12.1. The largest absolute Gasteiger partial charge is 0.492 e. The van der Waals surface area contributed by atoms with Crippen LogP contribution >= 0.6 is 22.9 Å². The Balaban J connectivity index is 1.86. The average Bonchev–Trinajstić information content (AvgIpc) is 2.97. The highest BCUT2D eigenvalue weighted by atomic mass is 35.5. The zero-order chi connectivity index (χ0) is 16.2. The molecule has 0 amide bonds. The van der Waals surface area contributed by atoms with Gasteiger partial charge in [0.05, 0.1) is 0 Å². The summed E-state index contributed by atoms with van der Waals surface area (Å²) in [5.41, 5.74) is 0.922. The van der Waals surface area contributed by atoms with Crippen LogP contribution in [0.15, 0.2) is 34.5 Å². The summed E-state index contributed by atoms with van der Waals surface area (Å²) in [7, 11) is -3.45. The van der Waals surface area contributed by atoms with Crippen molar-refractivity contribution in [3.8, 4) is 5.75 Å². The molecule has 0 saturated carbocycles. The molecule has 1 N–H and O–H groups in total. The van der Waals surface area contributed by atoms with E-state index in [1.165, 1.54) is 11.3 Å². The number of ether oxygens (including phenoxy) is 1. The van der Waals surface area contributed by atoms with Crippen molar-refractivity contribution in [3.63, 3.8) is 0 Å². The van der Waals surface area contributed by atoms with Gasteiger partial charge in [-0.3, -0.25) is 0 Å². The Morgan fingerprint density at radius 2 is 2.05 bits per heavy atom. The Hall–Kier alpha value is -1.08. The third-order valence-corrected chi connectivity index (χ3v) is 6.65. The average molecular weight is 360 g/mol. The third-order valence-electron chi connectivity index (χ3n) is 3.04. The SMILES string of the molecule is CCc1ccc(S(=O)(=O)NCCOc2ccc(Cl)c(C)c2)s1. The van der Waals surface area contributed by atoms with Crippen molar-refractivity contribution >= 4 is 33.0 Å². The van der Waals surface area contributed by atoms with Gasteiger partial charge < -0.3 is 4.74 Å². The molecule has 0 aliphatic heterocycles. The second-order valence-electron chi connectivity index (χ2n) is 4.73. The fourth-order valence-electron chi connectivity index (χ4n) is 1.82. The number of aryl methyl sites for hydroxylation is 2. The van der Waals surface area contributed by atoms with Crippen LogP contribution in [-0.4, -0.2) is 21.6 Å². The first-order valence-electron chi connectivity index (χ1n) is 6.89. The maximum Gasteiger partial charge on any atom is 0.250 e. The minimum atomic E-state index is -3.45. The summed E-state index contributed by atoms with van der Waals surface area (Å²) in [5.74, 6) is 0.672. The van der Waals surface area contributed by atoms with Crippen LogP contribution in [0.3, 0.4) is 0 Å². The van der Waals surface area contributed by atoms with Crippen LogP contribution in [0.1, 0.15) is 17.4 Å². The monoisotopic (exact) mass is 359 g/mol. The molecule has 0 unspecified atom stereocenters. The molecule has 4 nitrogen and oxygen atoms in total. The Kier molecular flexibility index (Phi) is 5.86. The van der Waals surface area contributed by atoms with Crippen molar-refractivity contribution in [2.75, 3.05) is 13.2 Å². The van der Waals surface area contributed by atoms with E-state index in [2.05, 4.69) is 4.72 Å². The molecule has 0 fully saturated rings. The van der Waals surface area contributed by atoms with Crippen molar-refractivity contribution in [2.24, 2.45) is 0 Å². The minimum absolute atomic E-state index is 0.212. The highest BCUT2D eigenvalue weighted by molar-refractivity contribution is 7.91. The molecule has 0 aliphatic rings. The van der Waals surface area contributed by atoms with Crippen molar-refractivity contribution in [2.45, 2.75) is 24.5 Å². The second-order valence-corrected chi connectivity index (χ2v) is 8.30. The molecule has 120 valence electrons. The normalized spacial score (nSPS) is 11.6. The summed E-state index contributed by atoms with van der Waals surface area (Å²) in [5, 5.41) is 0.678. The lowest BCUT2D eigenvalue weighted by atomic mass is 10.2. The quantitative estimate of drug-likeness (QED) is 0.768. The number of rotatable bonds is 7. The number of hydrogen-bond acceptors (Lipinski definition) is 4. The molecule has 0 atom stereocenters. The molecule has 0 spiro atoms. The molecule has 1 aromatic carbocycles. The van der Waals surface area contributed by atoms with Crippen molar-refractivity contribution in [1.82, 2.24) is 4.72 Å². The van der Waals surface area contributed by atoms with Gasteiger partial charge in [0.15, 0.2) is 0 Å². The predicted octanol–water partition coefficient (Wildman–Crippen LogP) is 3.63. The molecular weight excluding hydrogens is 342 g/mol. The number of sulfonamides is 1. The third kappa shape index (κ3) is 4.46. The number of thiophene rings is 1. The van der Waals surface area contributed by atoms with Crippen LogP contribution in [0.25, 0.3) is 0 Å². The molecule has 2 aromatic rings. The van der Waals surface area contributed by atoms with Crippen LogP contribution in [0.5, 0.6) is 5.75 Å². The zero-order valence-electron chi connectivity index (χ0n) is 12.4. The molecule has 0 saturated heterocycles. The minimum Gasteiger partial charge on any atom is -0.492 e. The van der Waals surface area contributed by atoms with Crippen molar-refractivity contribution < 1.29 is 13.2 Å². The van der Waals surface area contributed by atoms with Crippen LogP contribution in [0.2, 0.25) is 5.02 Å². The number of nitrogens with one attached hydrogen (secondary N) is 1. The second kappa shape index (κ2) is 7.46. The predicted molar refractivity (Wildman–Crippen MR) is 90.6 cm³/mol. The van der Waals surface area contributed by atoms with E-state index in [0.29, 0.717) is 15.0 Å². The van der Waals surface area contributed by atoms with Crippen LogP contribution < -0.4 is 9.46 Å². The lowest BCUT2D eigenvalue weighted by Crippen LogP contribution is -2.27. The topological polar surface area (TPSA) is 55.4 Å². The maximum atomic E-state index is 12.1. The van der Waals surface area contributed by atoms with E-state index in [0.717, 1.165) is 16.9 Å². The lowest BCUT2D eigenvalue weighted by Gasteiger charge is -2.08. The van der Waals surface area contributed by atoms with Gasteiger partial charge in [-0.05, 0) is 49.2 Å². The zero-order valence-corrected chi connectivity index (χ0v) is 14.8. The summed E-state index contributed by atoms with van der Waals surface area (Å²) in [6.07, 6.45) is 0.833. The van der Waals surface area contributed by atoms with Gasteiger partial charge in [0.1, 0.15) is 16.6 Å². The fraction of sp³-hybridized carbons (Fsp3) is 0.333. The Labute approximate surface area is 140 Å². The first kappa shape index (κ1) is 17.3. The first-order chi connectivity index (χ1) is 10.4. The van der Waals surface area contributed by atoms with Gasteiger partial charge in [0.2, 0.25) is 10.0 Å². The first-order valence-corrected chi connectivity index (χ1v) is 9.57. The number of hydrogen-bond donors (Lipinski definition) is 1. The molecule has 0 bridgehead atoms. The van der Waals surface area contributed by atoms with Gasteiger partial charge in [-0.15, -0.1) is 11.3 Å². The highest BCUT2D eigenvalue weighted by Gasteiger charge is 2.15. The van der Waals surface area contributed by atoms with E-state index in [1.54, 1.807) is 18.2 Å². The summed E-state index contributed by atoms with van der Waals surface area (Å²) < 4.78 is 32.6. The van der Waals surface area contributed by atoms with E-state index in [-0.39, 0.29) is 13.2 Å². The van der Waals surface area contributed by atoms with Gasteiger partial charge in [0.25, 0.3) is 0 Å². The van der Waals surface area contributed by atoms with Crippen molar-refractivity contribution in [3.05, 3.63) is 45.8 Å². The smallest absolute Gasteiger partial charge is 0.250 e. The molecule has 0 radical (unpaired) electrons. The van der Waals surface area contributed by atoms with Crippen molar-refractivity contribution in [1.29, 1.82) is 0 Å². The standard InChI is InChI=1S/C15H18ClNO3S2/c1-3-13-5-7-15(21-13)22(18,19)17-8-9-20-12-4-6-14(16)11(2)10-12/h4-7,10,17H,3,8-9H2,1-2H3. The highest BCUT2D eigenvalue weighted by Crippen LogP contribution is 2.22. The molecule has 0 aliphatic carbocycles. The van der Waals surface area contributed by atoms with E-state index in [9.17, 15) is 8.42 Å².